The molecule has 0 rings (SSSR count). The molecule has 0 aliphatic rings. The Bertz CT molecular complexity index is 83.1. The van der Waals surface area contributed by atoms with E-state index in [0.717, 1.165) is 0 Å². The van der Waals surface area contributed by atoms with E-state index >= 15 is 0 Å². The van der Waals surface area contributed by atoms with Crippen LogP contribution in [-0.2, 0) is 0 Å². The Labute approximate surface area is 55.8 Å². The molecule has 3 heteroatoms. The molecule has 0 bridgehead atoms. The summed E-state index contributed by atoms with van der Waals surface area (Å²) in [7, 11) is 0. The van der Waals surface area contributed by atoms with Crippen LogP contribution in [0.4, 0.5) is 0 Å². The van der Waals surface area contributed by atoms with Gasteiger partial charge >= 0.3 is 55.1 Å². The van der Waals surface area contributed by atoms with Gasteiger partial charge in [0.15, 0.2) is 0 Å². The van der Waals surface area contributed by atoms with Crippen LogP contribution in [0, 0.1) is 0 Å². The second-order valence-electron chi connectivity index (χ2n) is 3.35. The number of rotatable bonds is 1. The first kappa shape index (κ1) is 8.68. The van der Waals surface area contributed by atoms with Gasteiger partial charge in [-0.3, -0.25) is 0 Å². The molecule has 52 valence electrons. The van der Waals surface area contributed by atoms with E-state index in [1.54, 1.807) is 6.92 Å². The Kier molecular flexibility index (Phi) is 1.99. The standard InChI is InChI=1S/C5H14ClOP/c1-5(7)8(2,3,4)6/h5,7H,1-4H3. The van der Waals surface area contributed by atoms with Gasteiger partial charge in [-0.25, -0.2) is 0 Å². The fourth-order valence-electron chi connectivity index (χ4n) is 0. The third kappa shape index (κ3) is 2.86. The molecule has 0 saturated heterocycles. The van der Waals surface area contributed by atoms with Gasteiger partial charge in [0.1, 0.15) is 0 Å². The fraction of sp³-hybridized carbons (Fsp3) is 1.00. The summed E-state index contributed by atoms with van der Waals surface area (Å²) in [4.78, 5) is 0. The van der Waals surface area contributed by atoms with Crippen molar-refractivity contribution in [1.29, 1.82) is 0 Å². The molecule has 0 amide bonds. The van der Waals surface area contributed by atoms with Crippen LogP contribution in [0.1, 0.15) is 6.92 Å². The molecule has 0 radical (unpaired) electrons. The predicted octanol–water partition coefficient (Wildman–Crippen LogP) is 1.92. The van der Waals surface area contributed by atoms with E-state index in [1.165, 1.54) is 0 Å². The summed E-state index contributed by atoms with van der Waals surface area (Å²) in [5.41, 5.74) is 0. The maximum atomic E-state index is 9.07. The van der Waals surface area contributed by atoms with E-state index in [-0.39, 0.29) is 5.85 Å². The molecule has 0 aromatic carbocycles. The zero-order chi connectivity index (χ0) is 7.02. The van der Waals surface area contributed by atoms with E-state index in [4.69, 9.17) is 16.3 Å². The second-order valence-corrected chi connectivity index (χ2v) is 13.2. The third-order valence-electron chi connectivity index (χ3n) is 1.26. The van der Waals surface area contributed by atoms with Crippen molar-refractivity contribution in [2.75, 3.05) is 20.0 Å². The first-order valence-electron chi connectivity index (χ1n) is 2.60. The van der Waals surface area contributed by atoms with Crippen LogP contribution < -0.4 is 0 Å². The maximum absolute atomic E-state index is 9.07. The molecule has 0 spiro atoms. The zero-order valence-corrected chi connectivity index (χ0v) is 7.50. The number of aliphatic hydroxyl groups is 1. The minimum absolute atomic E-state index is 0.359. The monoisotopic (exact) mass is 156 g/mol. The van der Waals surface area contributed by atoms with Crippen molar-refractivity contribution < 1.29 is 5.11 Å². The fourth-order valence-corrected chi connectivity index (χ4v) is 0. The van der Waals surface area contributed by atoms with Crippen molar-refractivity contribution >= 4 is 17.2 Å². The Balaban J connectivity index is 4.14. The quantitative estimate of drug-likeness (QED) is 0.576. The van der Waals surface area contributed by atoms with Crippen molar-refractivity contribution in [3.05, 3.63) is 0 Å². The van der Waals surface area contributed by atoms with Crippen LogP contribution >= 0.6 is 17.2 Å². The number of halogens is 1. The van der Waals surface area contributed by atoms with E-state index in [2.05, 4.69) is 0 Å². The van der Waals surface area contributed by atoms with Crippen LogP contribution in [0.2, 0.25) is 0 Å². The van der Waals surface area contributed by atoms with Gasteiger partial charge in [-0.2, -0.15) is 0 Å². The van der Waals surface area contributed by atoms with E-state index in [0.29, 0.717) is 0 Å². The first-order valence-corrected chi connectivity index (χ1v) is 7.16. The molecule has 1 unspecified atom stereocenters. The molecule has 0 aliphatic heterocycles. The van der Waals surface area contributed by atoms with Crippen LogP contribution in [0.5, 0.6) is 0 Å². The molecule has 0 aromatic rings. The van der Waals surface area contributed by atoms with Gasteiger partial charge in [0, 0.05) is 0 Å². The Hall–Kier alpha value is 0.680. The Morgan fingerprint density at radius 3 is 1.50 bits per heavy atom. The van der Waals surface area contributed by atoms with Crippen molar-refractivity contribution in [2.45, 2.75) is 12.8 Å². The SMILES string of the molecule is CC(O)P(C)(C)(C)Cl. The van der Waals surface area contributed by atoms with Crippen LogP contribution in [-0.4, -0.2) is 30.9 Å². The van der Waals surface area contributed by atoms with E-state index < -0.39 is 5.96 Å². The van der Waals surface area contributed by atoms with Crippen LogP contribution in [0.15, 0.2) is 0 Å². The Morgan fingerprint density at radius 2 is 1.50 bits per heavy atom. The summed E-state index contributed by atoms with van der Waals surface area (Å²) in [5.74, 6) is -2.52. The zero-order valence-electron chi connectivity index (χ0n) is 5.85. The molecule has 1 nitrogen and oxygen atoms in total. The van der Waals surface area contributed by atoms with Gasteiger partial charge in [0.05, 0.1) is 0 Å². The molecule has 0 fully saturated rings. The number of hydrogen-bond acceptors (Lipinski definition) is 1. The van der Waals surface area contributed by atoms with Gasteiger partial charge in [0.2, 0.25) is 0 Å². The van der Waals surface area contributed by atoms with Gasteiger partial charge in [-0.1, -0.05) is 0 Å². The summed E-state index contributed by atoms with van der Waals surface area (Å²) >= 11 is 6.00. The molecule has 8 heavy (non-hydrogen) atoms. The molecule has 1 N–H and O–H groups in total. The van der Waals surface area contributed by atoms with E-state index in [1.807, 2.05) is 20.0 Å². The summed E-state index contributed by atoms with van der Waals surface area (Å²) in [6.45, 7) is 7.53. The first-order chi connectivity index (χ1) is 3.20. The normalized spacial score (nSPS) is 21.5. The molecule has 0 aromatic heterocycles. The molecular formula is C5H14ClOP. The summed E-state index contributed by atoms with van der Waals surface area (Å²) in [5, 5.41) is 9.07. The number of hydrogen-bond donors (Lipinski definition) is 1. The van der Waals surface area contributed by atoms with Gasteiger partial charge < -0.3 is 0 Å². The Morgan fingerprint density at radius 1 is 1.38 bits per heavy atom. The summed E-state index contributed by atoms with van der Waals surface area (Å²) < 4.78 is 0. The average Bonchev–Trinajstić information content (AvgIpc) is 1.27. The topological polar surface area (TPSA) is 20.2 Å². The van der Waals surface area contributed by atoms with E-state index in [9.17, 15) is 0 Å². The van der Waals surface area contributed by atoms with Crippen molar-refractivity contribution in [2.24, 2.45) is 0 Å². The average molecular weight is 157 g/mol. The minimum atomic E-state index is -2.16. The molecule has 1 atom stereocenters. The third-order valence-corrected chi connectivity index (χ3v) is 4.63. The number of aliphatic hydroxyl groups excluding tert-OH is 1. The van der Waals surface area contributed by atoms with Crippen molar-refractivity contribution in [1.82, 2.24) is 0 Å². The van der Waals surface area contributed by atoms with Gasteiger partial charge in [0.25, 0.3) is 0 Å². The second kappa shape index (κ2) is 1.83. The van der Waals surface area contributed by atoms with Crippen LogP contribution in [0.3, 0.4) is 0 Å². The van der Waals surface area contributed by atoms with Crippen molar-refractivity contribution in [3.8, 4) is 0 Å². The summed E-state index contributed by atoms with van der Waals surface area (Å²) in [6, 6.07) is 0. The van der Waals surface area contributed by atoms with Crippen LogP contribution in [0.25, 0.3) is 0 Å². The molecule has 0 aliphatic carbocycles. The predicted molar refractivity (Wildman–Crippen MR) is 42.2 cm³/mol. The molecule has 0 heterocycles. The molecule has 0 saturated carbocycles. The van der Waals surface area contributed by atoms with Gasteiger partial charge in [-0.15, -0.1) is 0 Å². The van der Waals surface area contributed by atoms with Crippen molar-refractivity contribution in [3.63, 3.8) is 0 Å². The van der Waals surface area contributed by atoms with Gasteiger partial charge in [-0.05, 0) is 0 Å². The molecular weight excluding hydrogens is 142 g/mol. The summed E-state index contributed by atoms with van der Waals surface area (Å²) in [6.07, 6.45) is 0.